The van der Waals surface area contributed by atoms with Gasteiger partial charge in [0.05, 0.1) is 6.10 Å². The molecule has 0 radical (unpaired) electrons. The lowest BCUT2D eigenvalue weighted by Gasteiger charge is -2.11. The lowest BCUT2D eigenvalue weighted by atomic mass is 10.1. The van der Waals surface area contributed by atoms with Crippen LogP contribution in [0.4, 0.5) is 0 Å². The van der Waals surface area contributed by atoms with Gasteiger partial charge in [-0.05, 0) is 24.5 Å². The Morgan fingerprint density at radius 2 is 2.00 bits per heavy atom. The molecule has 1 nitrogen and oxygen atoms in total. The SMILES string of the molecule is C=CCCCCCC(O)CSC(C)C. The van der Waals surface area contributed by atoms with E-state index in [2.05, 4.69) is 20.4 Å². The molecule has 0 saturated carbocycles. The van der Waals surface area contributed by atoms with E-state index in [0.717, 1.165) is 25.0 Å². The third-order valence-corrected chi connectivity index (χ3v) is 3.31. The summed E-state index contributed by atoms with van der Waals surface area (Å²) in [5.41, 5.74) is 0. The standard InChI is InChI=1S/C12H24OS/c1-4-5-6-7-8-9-12(13)10-14-11(2)3/h4,11-13H,1,5-10H2,2-3H3. The number of aliphatic hydroxyl groups excluding tert-OH is 1. The predicted molar refractivity (Wildman–Crippen MR) is 66.9 cm³/mol. The first kappa shape index (κ1) is 14.1. The molecule has 0 heterocycles. The fraction of sp³-hybridized carbons (Fsp3) is 0.833. The maximum atomic E-state index is 9.61. The lowest BCUT2D eigenvalue weighted by Crippen LogP contribution is -2.11. The number of thioether (sulfide) groups is 1. The van der Waals surface area contributed by atoms with E-state index in [4.69, 9.17) is 0 Å². The number of rotatable bonds is 9. The summed E-state index contributed by atoms with van der Waals surface area (Å²) in [6.07, 6.45) is 7.50. The van der Waals surface area contributed by atoms with Crippen molar-refractivity contribution in [2.45, 2.75) is 57.3 Å². The van der Waals surface area contributed by atoms with E-state index in [1.54, 1.807) is 0 Å². The molecule has 1 N–H and O–H groups in total. The maximum Gasteiger partial charge on any atom is 0.0630 e. The van der Waals surface area contributed by atoms with E-state index in [-0.39, 0.29) is 6.10 Å². The Labute approximate surface area is 93.0 Å². The smallest absolute Gasteiger partial charge is 0.0630 e. The molecule has 0 aliphatic heterocycles. The number of hydrogen-bond acceptors (Lipinski definition) is 2. The fourth-order valence-electron chi connectivity index (χ4n) is 1.23. The zero-order valence-corrected chi connectivity index (χ0v) is 10.4. The number of aliphatic hydroxyl groups is 1. The monoisotopic (exact) mass is 216 g/mol. The van der Waals surface area contributed by atoms with Gasteiger partial charge in [-0.2, -0.15) is 11.8 Å². The van der Waals surface area contributed by atoms with Crippen LogP contribution in [0.2, 0.25) is 0 Å². The third-order valence-electron chi connectivity index (χ3n) is 2.07. The number of unbranched alkanes of at least 4 members (excludes halogenated alkanes) is 3. The minimum absolute atomic E-state index is 0.105. The van der Waals surface area contributed by atoms with Gasteiger partial charge in [0.2, 0.25) is 0 Å². The van der Waals surface area contributed by atoms with Crippen LogP contribution in [0.25, 0.3) is 0 Å². The molecular weight excluding hydrogens is 192 g/mol. The van der Waals surface area contributed by atoms with Crippen molar-refractivity contribution in [3.8, 4) is 0 Å². The van der Waals surface area contributed by atoms with Crippen molar-refractivity contribution in [2.24, 2.45) is 0 Å². The van der Waals surface area contributed by atoms with Gasteiger partial charge in [0.1, 0.15) is 0 Å². The third kappa shape index (κ3) is 10.1. The van der Waals surface area contributed by atoms with Crippen LogP contribution in [-0.4, -0.2) is 22.2 Å². The topological polar surface area (TPSA) is 20.2 Å². The predicted octanol–water partition coefficient (Wildman–Crippen LogP) is 3.63. The summed E-state index contributed by atoms with van der Waals surface area (Å²) in [5, 5.41) is 10.2. The molecule has 0 spiro atoms. The minimum atomic E-state index is -0.105. The zero-order valence-electron chi connectivity index (χ0n) is 9.54. The lowest BCUT2D eigenvalue weighted by molar-refractivity contribution is 0.185. The average Bonchev–Trinajstić information content (AvgIpc) is 2.14. The highest BCUT2D eigenvalue weighted by Gasteiger charge is 2.04. The second-order valence-electron chi connectivity index (χ2n) is 3.96. The van der Waals surface area contributed by atoms with Crippen LogP contribution in [0.3, 0.4) is 0 Å². The van der Waals surface area contributed by atoms with Crippen LogP contribution >= 0.6 is 11.8 Å². The summed E-state index contributed by atoms with van der Waals surface area (Å²) in [7, 11) is 0. The van der Waals surface area contributed by atoms with Gasteiger partial charge in [-0.3, -0.25) is 0 Å². The molecule has 0 amide bonds. The van der Waals surface area contributed by atoms with Gasteiger partial charge in [-0.15, -0.1) is 6.58 Å². The molecule has 0 bridgehead atoms. The summed E-state index contributed by atoms with van der Waals surface area (Å²) in [6.45, 7) is 8.03. The molecule has 1 atom stereocenters. The normalized spacial score (nSPS) is 13.1. The zero-order chi connectivity index (χ0) is 10.8. The summed E-state index contributed by atoms with van der Waals surface area (Å²) < 4.78 is 0. The summed E-state index contributed by atoms with van der Waals surface area (Å²) in [5.74, 6) is 0.888. The number of allylic oxidation sites excluding steroid dienone is 1. The van der Waals surface area contributed by atoms with E-state index < -0.39 is 0 Å². The molecule has 0 aromatic carbocycles. The molecule has 14 heavy (non-hydrogen) atoms. The van der Waals surface area contributed by atoms with Gasteiger partial charge in [0.15, 0.2) is 0 Å². The van der Waals surface area contributed by atoms with Crippen LogP contribution in [0, 0.1) is 0 Å². The first-order chi connectivity index (χ1) is 6.66. The fourth-order valence-corrected chi connectivity index (χ4v) is 2.01. The quantitative estimate of drug-likeness (QED) is 0.469. The second-order valence-corrected chi connectivity index (χ2v) is 5.57. The van der Waals surface area contributed by atoms with Crippen LogP contribution in [-0.2, 0) is 0 Å². The Kier molecular flexibility index (Phi) is 9.63. The molecule has 0 aromatic rings. The van der Waals surface area contributed by atoms with Crippen molar-refractivity contribution in [3.63, 3.8) is 0 Å². The van der Waals surface area contributed by atoms with Crippen molar-refractivity contribution >= 4 is 11.8 Å². The maximum absolute atomic E-state index is 9.61. The van der Waals surface area contributed by atoms with Crippen LogP contribution in [0.1, 0.15) is 46.0 Å². The molecule has 2 heteroatoms. The van der Waals surface area contributed by atoms with Crippen LogP contribution < -0.4 is 0 Å². The van der Waals surface area contributed by atoms with E-state index >= 15 is 0 Å². The molecular formula is C12H24OS. The Bertz CT molecular complexity index is 134. The molecule has 1 unspecified atom stereocenters. The molecule has 84 valence electrons. The molecule has 0 aromatic heterocycles. The van der Waals surface area contributed by atoms with Crippen LogP contribution in [0.15, 0.2) is 12.7 Å². The molecule has 0 aliphatic carbocycles. The van der Waals surface area contributed by atoms with Gasteiger partial charge < -0.3 is 5.11 Å². The van der Waals surface area contributed by atoms with Gasteiger partial charge >= 0.3 is 0 Å². The van der Waals surface area contributed by atoms with E-state index in [1.807, 2.05) is 17.8 Å². The largest absolute Gasteiger partial charge is 0.392 e. The summed E-state index contributed by atoms with van der Waals surface area (Å²) in [4.78, 5) is 0. The summed E-state index contributed by atoms with van der Waals surface area (Å²) >= 11 is 1.84. The van der Waals surface area contributed by atoms with Crippen LogP contribution in [0.5, 0.6) is 0 Å². The highest BCUT2D eigenvalue weighted by Crippen LogP contribution is 2.14. The first-order valence-corrected chi connectivity index (χ1v) is 6.62. The Hall–Kier alpha value is 0.0500. The Morgan fingerprint density at radius 3 is 2.57 bits per heavy atom. The molecule has 0 fully saturated rings. The van der Waals surface area contributed by atoms with Crippen molar-refractivity contribution in [2.75, 3.05) is 5.75 Å². The van der Waals surface area contributed by atoms with Gasteiger partial charge in [0, 0.05) is 5.75 Å². The van der Waals surface area contributed by atoms with Crippen molar-refractivity contribution in [3.05, 3.63) is 12.7 Å². The summed E-state index contributed by atoms with van der Waals surface area (Å²) in [6, 6.07) is 0. The van der Waals surface area contributed by atoms with Gasteiger partial charge in [-0.1, -0.05) is 32.8 Å². The average molecular weight is 216 g/mol. The second kappa shape index (κ2) is 9.60. The highest BCUT2D eigenvalue weighted by molar-refractivity contribution is 7.99. The Balaban J connectivity index is 3.17. The Morgan fingerprint density at radius 1 is 1.29 bits per heavy atom. The first-order valence-electron chi connectivity index (χ1n) is 5.57. The molecule has 0 aliphatic rings. The van der Waals surface area contributed by atoms with Crippen molar-refractivity contribution in [1.29, 1.82) is 0 Å². The van der Waals surface area contributed by atoms with E-state index in [9.17, 15) is 5.11 Å². The van der Waals surface area contributed by atoms with Gasteiger partial charge in [0.25, 0.3) is 0 Å². The van der Waals surface area contributed by atoms with Crippen molar-refractivity contribution in [1.82, 2.24) is 0 Å². The molecule has 0 rings (SSSR count). The van der Waals surface area contributed by atoms with E-state index in [0.29, 0.717) is 5.25 Å². The number of hydrogen-bond donors (Lipinski definition) is 1. The molecule has 0 saturated heterocycles. The van der Waals surface area contributed by atoms with Gasteiger partial charge in [-0.25, -0.2) is 0 Å². The van der Waals surface area contributed by atoms with E-state index in [1.165, 1.54) is 12.8 Å². The highest BCUT2D eigenvalue weighted by atomic mass is 32.2. The van der Waals surface area contributed by atoms with Crippen molar-refractivity contribution < 1.29 is 5.11 Å². The minimum Gasteiger partial charge on any atom is -0.392 e.